The first-order valence-corrected chi connectivity index (χ1v) is 6.73. The maximum absolute atomic E-state index is 5.94. The van der Waals surface area contributed by atoms with Gasteiger partial charge in [0.25, 0.3) is 0 Å². The molecular formula is C13H26N2O. The van der Waals surface area contributed by atoms with Crippen LogP contribution in [0, 0.1) is 5.41 Å². The summed E-state index contributed by atoms with van der Waals surface area (Å²) >= 11 is 0. The molecule has 2 aliphatic heterocycles. The van der Waals surface area contributed by atoms with Gasteiger partial charge in [0.15, 0.2) is 0 Å². The van der Waals surface area contributed by atoms with E-state index < -0.39 is 0 Å². The van der Waals surface area contributed by atoms with Gasteiger partial charge >= 0.3 is 0 Å². The number of hydrogen-bond acceptors (Lipinski definition) is 3. The van der Waals surface area contributed by atoms with E-state index in [9.17, 15) is 0 Å². The number of nitrogens with two attached hydrogens (primary N) is 1. The summed E-state index contributed by atoms with van der Waals surface area (Å²) in [4.78, 5) is 2.58. The first-order chi connectivity index (χ1) is 7.65. The molecule has 0 aromatic rings. The van der Waals surface area contributed by atoms with Crippen LogP contribution in [0.25, 0.3) is 0 Å². The number of likely N-dealkylation sites (tertiary alicyclic amines) is 1. The molecule has 0 aromatic carbocycles. The van der Waals surface area contributed by atoms with Gasteiger partial charge in [-0.05, 0) is 31.2 Å². The second kappa shape index (κ2) is 5.03. The predicted molar refractivity (Wildman–Crippen MR) is 66.4 cm³/mol. The van der Waals surface area contributed by atoms with Crippen LogP contribution in [0.3, 0.4) is 0 Å². The van der Waals surface area contributed by atoms with Crippen molar-refractivity contribution >= 4 is 0 Å². The molecule has 94 valence electrons. The summed E-state index contributed by atoms with van der Waals surface area (Å²) in [6.45, 7) is 8.76. The van der Waals surface area contributed by atoms with Crippen LogP contribution in [-0.2, 0) is 4.74 Å². The van der Waals surface area contributed by atoms with Crippen molar-refractivity contribution < 1.29 is 4.74 Å². The molecule has 2 fully saturated rings. The van der Waals surface area contributed by atoms with E-state index in [2.05, 4.69) is 18.7 Å². The standard InChI is InChI=1S/C13H26N2O/c1-3-6-13(2,9-14)10-15-7-11-4-5-12(8-15)16-11/h11-12H,3-10,14H2,1-2H3. The zero-order valence-electron chi connectivity index (χ0n) is 10.7. The van der Waals surface area contributed by atoms with Crippen LogP contribution < -0.4 is 5.73 Å². The Balaban J connectivity index is 1.88. The highest BCUT2D eigenvalue weighted by atomic mass is 16.5. The summed E-state index contributed by atoms with van der Waals surface area (Å²) in [6, 6.07) is 0. The molecule has 16 heavy (non-hydrogen) atoms. The Hall–Kier alpha value is -0.120. The Kier molecular flexibility index (Phi) is 3.88. The van der Waals surface area contributed by atoms with Gasteiger partial charge < -0.3 is 10.5 Å². The lowest BCUT2D eigenvalue weighted by atomic mass is 9.85. The lowest BCUT2D eigenvalue weighted by Crippen LogP contribution is -2.48. The third kappa shape index (κ3) is 2.76. The Morgan fingerprint density at radius 2 is 1.94 bits per heavy atom. The largest absolute Gasteiger partial charge is 0.372 e. The third-order valence-corrected chi connectivity index (χ3v) is 4.07. The molecule has 2 bridgehead atoms. The Morgan fingerprint density at radius 3 is 2.44 bits per heavy atom. The number of ether oxygens (including phenoxy) is 1. The predicted octanol–water partition coefficient (Wildman–Crippen LogP) is 1.61. The van der Waals surface area contributed by atoms with Crippen LogP contribution in [-0.4, -0.2) is 43.3 Å². The number of fused-ring (bicyclic) bond motifs is 2. The molecule has 0 radical (unpaired) electrons. The smallest absolute Gasteiger partial charge is 0.0707 e. The van der Waals surface area contributed by atoms with E-state index in [0.29, 0.717) is 17.6 Å². The van der Waals surface area contributed by atoms with Crippen LogP contribution in [0.15, 0.2) is 0 Å². The van der Waals surface area contributed by atoms with Gasteiger partial charge in [-0.15, -0.1) is 0 Å². The Morgan fingerprint density at radius 1 is 1.31 bits per heavy atom. The topological polar surface area (TPSA) is 38.5 Å². The Labute approximate surface area is 99.3 Å². The minimum absolute atomic E-state index is 0.297. The summed E-state index contributed by atoms with van der Waals surface area (Å²) in [5, 5.41) is 0. The van der Waals surface area contributed by atoms with E-state index in [1.54, 1.807) is 0 Å². The Bertz CT molecular complexity index is 222. The lowest BCUT2D eigenvalue weighted by Gasteiger charge is -2.39. The van der Waals surface area contributed by atoms with E-state index in [0.717, 1.165) is 26.2 Å². The van der Waals surface area contributed by atoms with E-state index in [1.165, 1.54) is 25.7 Å². The molecular weight excluding hydrogens is 200 g/mol. The average molecular weight is 226 g/mol. The van der Waals surface area contributed by atoms with Crippen LogP contribution in [0.4, 0.5) is 0 Å². The molecule has 3 unspecified atom stereocenters. The quantitative estimate of drug-likeness (QED) is 0.774. The van der Waals surface area contributed by atoms with Crippen molar-refractivity contribution in [3.63, 3.8) is 0 Å². The zero-order valence-corrected chi connectivity index (χ0v) is 10.7. The molecule has 3 atom stereocenters. The van der Waals surface area contributed by atoms with E-state index in [-0.39, 0.29) is 0 Å². The van der Waals surface area contributed by atoms with Crippen molar-refractivity contribution in [3.8, 4) is 0 Å². The van der Waals surface area contributed by atoms with Gasteiger partial charge in [-0.1, -0.05) is 20.3 Å². The van der Waals surface area contributed by atoms with E-state index in [1.807, 2.05) is 0 Å². The average Bonchev–Trinajstić information content (AvgIpc) is 2.58. The summed E-state index contributed by atoms with van der Waals surface area (Å²) in [5.74, 6) is 0. The minimum Gasteiger partial charge on any atom is -0.372 e. The number of hydrogen-bond donors (Lipinski definition) is 1. The molecule has 2 heterocycles. The SMILES string of the molecule is CCCC(C)(CN)CN1CC2CCC(C1)O2. The van der Waals surface area contributed by atoms with Crippen molar-refractivity contribution in [2.75, 3.05) is 26.2 Å². The number of morpholine rings is 1. The molecule has 2 aliphatic rings. The van der Waals surface area contributed by atoms with Crippen molar-refractivity contribution in [2.24, 2.45) is 11.1 Å². The third-order valence-electron chi connectivity index (χ3n) is 4.07. The first kappa shape index (κ1) is 12.3. The molecule has 2 saturated heterocycles. The molecule has 3 heteroatoms. The summed E-state index contributed by atoms with van der Waals surface area (Å²) < 4.78 is 5.86. The maximum Gasteiger partial charge on any atom is 0.0707 e. The molecule has 3 nitrogen and oxygen atoms in total. The maximum atomic E-state index is 5.94. The van der Waals surface area contributed by atoms with Gasteiger partial charge in [0.05, 0.1) is 12.2 Å². The molecule has 0 spiro atoms. The summed E-state index contributed by atoms with van der Waals surface area (Å²) in [5.41, 5.74) is 6.23. The summed E-state index contributed by atoms with van der Waals surface area (Å²) in [6.07, 6.45) is 5.98. The highest BCUT2D eigenvalue weighted by molar-refractivity contribution is 4.88. The normalized spacial score (nSPS) is 33.9. The number of nitrogens with zero attached hydrogens (tertiary/aromatic N) is 1. The van der Waals surface area contributed by atoms with Gasteiger partial charge in [0, 0.05) is 19.6 Å². The summed E-state index contributed by atoms with van der Waals surface area (Å²) in [7, 11) is 0. The van der Waals surface area contributed by atoms with Gasteiger partial charge in [0.1, 0.15) is 0 Å². The van der Waals surface area contributed by atoms with Crippen molar-refractivity contribution in [3.05, 3.63) is 0 Å². The fourth-order valence-electron chi connectivity index (χ4n) is 3.22. The highest BCUT2D eigenvalue weighted by Crippen LogP contribution is 2.30. The minimum atomic E-state index is 0.297. The van der Waals surface area contributed by atoms with Gasteiger partial charge in [-0.3, -0.25) is 4.90 Å². The van der Waals surface area contributed by atoms with Crippen molar-refractivity contribution in [2.45, 2.75) is 51.7 Å². The van der Waals surface area contributed by atoms with E-state index >= 15 is 0 Å². The van der Waals surface area contributed by atoms with Crippen LogP contribution >= 0.6 is 0 Å². The first-order valence-electron chi connectivity index (χ1n) is 6.73. The lowest BCUT2D eigenvalue weighted by molar-refractivity contribution is -0.0491. The number of rotatable bonds is 5. The van der Waals surface area contributed by atoms with Crippen molar-refractivity contribution in [1.82, 2.24) is 4.90 Å². The van der Waals surface area contributed by atoms with Crippen LogP contribution in [0.1, 0.15) is 39.5 Å². The second-order valence-electron chi connectivity index (χ2n) is 5.92. The molecule has 0 aliphatic carbocycles. The van der Waals surface area contributed by atoms with E-state index in [4.69, 9.17) is 10.5 Å². The molecule has 2 N–H and O–H groups in total. The fraction of sp³-hybridized carbons (Fsp3) is 1.00. The van der Waals surface area contributed by atoms with Gasteiger partial charge in [0.2, 0.25) is 0 Å². The molecule has 0 aromatic heterocycles. The fourth-order valence-corrected chi connectivity index (χ4v) is 3.22. The van der Waals surface area contributed by atoms with Crippen LogP contribution in [0.2, 0.25) is 0 Å². The second-order valence-corrected chi connectivity index (χ2v) is 5.92. The zero-order chi connectivity index (χ0) is 11.6. The van der Waals surface area contributed by atoms with Crippen molar-refractivity contribution in [1.29, 1.82) is 0 Å². The highest BCUT2D eigenvalue weighted by Gasteiger charge is 2.36. The molecule has 0 saturated carbocycles. The molecule has 0 amide bonds. The van der Waals surface area contributed by atoms with Gasteiger partial charge in [-0.25, -0.2) is 0 Å². The monoisotopic (exact) mass is 226 g/mol. The molecule has 2 rings (SSSR count). The van der Waals surface area contributed by atoms with Gasteiger partial charge in [-0.2, -0.15) is 0 Å². The van der Waals surface area contributed by atoms with Crippen LogP contribution in [0.5, 0.6) is 0 Å².